The molecule has 0 saturated heterocycles. The summed E-state index contributed by atoms with van der Waals surface area (Å²) in [6.07, 6.45) is 1.85. The molecule has 0 aliphatic carbocycles. The van der Waals surface area contributed by atoms with Crippen molar-refractivity contribution < 1.29 is 0 Å². The standard InChI is InChI=1S/C10H7BrClN/c11-9-2-1-7-6-13-10(5-12)4-8(7)3-9/h1-4,6H,5H2. The Morgan fingerprint density at radius 2 is 2.08 bits per heavy atom. The van der Waals surface area contributed by atoms with Crippen LogP contribution in [0, 0.1) is 0 Å². The van der Waals surface area contributed by atoms with Gasteiger partial charge in [0.25, 0.3) is 0 Å². The number of alkyl halides is 1. The van der Waals surface area contributed by atoms with Crippen LogP contribution in [0.25, 0.3) is 10.8 Å². The molecule has 1 nitrogen and oxygen atoms in total. The summed E-state index contributed by atoms with van der Waals surface area (Å²) in [5.41, 5.74) is 0.910. The third kappa shape index (κ3) is 1.84. The first-order valence-corrected chi connectivity index (χ1v) is 5.22. The third-order valence-electron chi connectivity index (χ3n) is 1.88. The zero-order chi connectivity index (χ0) is 9.26. The predicted molar refractivity (Wildman–Crippen MR) is 59.0 cm³/mol. The third-order valence-corrected chi connectivity index (χ3v) is 2.64. The average molecular weight is 257 g/mol. The van der Waals surface area contributed by atoms with E-state index in [0.29, 0.717) is 5.88 Å². The fraction of sp³-hybridized carbons (Fsp3) is 0.100. The number of pyridine rings is 1. The van der Waals surface area contributed by atoms with Crippen molar-refractivity contribution >= 4 is 38.3 Å². The van der Waals surface area contributed by atoms with E-state index in [1.807, 2.05) is 24.4 Å². The van der Waals surface area contributed by atoms with Gasteiger partial charge in [0, 0.05) is 16.1 Å². The molecule has 0 aliphatic heterocycles. The molecule has 0 atom stereocenters. The fourth-order valence-corrected chi connectivity index (χ4v) is 1.76. The van der Waals surface area contributed by atoms with Crippen molar-refractivity contribution in [3.63, 3.8) is 0 Å². The Bertz CT molecular complexity index is 442. The Balaban J connectivity index is 2.68. The van der Waals surface area contributed by atoms with E-state index in [2.05, 4.69) is 27.0 Å². The van der Waals surface area contributed by atoms with Gasteiger partial charge >= 0.3 is 0 Å². The van der Waals surface area contributed by atoms with E-state index in [1.165, 1.54) is 5.39 Å². The van der Waals surface area contributed by atoms with Gasteiger partial charge in [-0.3, -0.25) is 4.98 Å². The number of hydrogen-bond donors (Lipinski definition) is 0. The molecule has 2 aromatic rings. The zero-order valence-electron chi connectivity index (χ0n) is 6.80. The van der Waals surface area contributed by atoms with Gasteiger partial charge in [-0.1, -0.05) is 22.0 Å². The lowest BCUT2D eigenvalue weighted by molar-refractivity contribution is 1.19. The minimum atomic E-state index is 0.461. The smallest absolute Gasteiger partial charge is 0.0647 e. The number of hydrogen-bond acceptors (Lipinski definition) is 1. The molecule has 0 spiro atoms. The molecule has 0 N–H and O–H groups in total. The van der Waals surface area contributed by atoms with Crippen molar-refractivity contribution in [1.82, 2.24) is 4.98 Å². The van der Waals surface area contributed by atoms with Gasteiger partial charge in [0.2, 0.25) is 0 Å². The fourth-order valence-electron chi connectivity index (χ4n) is 1.23. The highest BCUT2D eigenvalue weighted by atomic mass is 79.9. The largest absolute Gasteiger partial charge is 0.259 e. The molecule has 0 aliphatic rings. The molecule has 3 heteroatoms. The number of rotatable bonds is 1. The van der Waals surface area contributed by atoms with Crippen LogP contribution in [-0.2, 0) is 5.88 Å². The molecule has 0 amide bonds. The summed E-state index contributed by atoms with van der Waals surface area (Å²) in [4.78, 5) is 4.21. The maximum absolute atomic E-state index is 5.69. The quantitative estimate of drug-likeness (QED) is 0.708. The van der Waals surface area contributed by atoms with E-state index in [0.717, 1.165) is 15.6 Å². The zero-order valence-corrected chi connectivity index (χ0v) is 9.14. The lowest BCUT2D eigenvalue weighted by Crippen LogP contribution is -1.84. The van der Waals surface area contributed by atoms with Crippen LogP contribution in [-0.4, -0.2) is 4.98 Å². The SMILES string of the molecule is ClCc1cc2cc(Br)ccc2cn1. The predicted octanol–water partition coefficient (Wildman–Crippen LogP) is 3.74. The Hall–Kier alpha value is -0.600. The first kappa shape index (κ1) is 8.97. The van der Waals surface area contributed by atoms with Crippen LogP contribution in [0.15, 0.2) is 34.9 Å². The second-order valence-corrected chi connectivity index (χ2v) is 3.98. The highest BCUT2D eigenvalue weighted by molar-refractivity contribution is 9.10. The van der Waals surface area contributed by atoms with E-state index in [1.54, 1.807) is 0 Å². The van der Waals surface area contributed by atoms with Gasteiger partial charge in [-0.2, -0.15) is 0 Å². The lowest BCUT2D eigenvalue weighted by Gasteiger charge is -1.99. The monoisotopic (exact) mass is 255 g/mol. The van der Waals surface area contributed by atoms with Crippen LogP contribution in [0.2, 0.25) is 0 Å². The maximum atomic E-state index is 5.69. The average Bonchev–Trinajstić information content (AvgIpc) is 2.16. The van der Waals surface area contributed by atoms with Crippen LogP contribution in [0.1, 0.15) is 5.69 Å². The molecule has 0 bridgehead atoms. The van der Waals surface area contributed by atoms with Gasteiger partial charge in [0.05, 0.1) is 11.6 Å². The van der Waals surface area contributed by atoms with E-state index in [9.17, 15) is 0 Å². The highest BCUT2D eigenvalue weighted by Crippen LogP contribution is 2.19. The lowest BCUT2D eigenvalue weighted by atomic mass is 10.1. The van der Waals surface area contributed by atoms with Gasteiger partial charge in [0.15, 0.2) is 0 Å². The number of aromatic nitrogens is 1. The van der Waals surface area contributed by atoms with Crippen LogP contribution in [0.3, 0.4) is 0 Å². The van der Waals surface area contributed by atoms with Crippen molar-refractivity contribution in [2.24, 2.45) is 0 Å². The second-order valence-electron chi connectivity index (χ2n) is 2.80. The topological polar surface area (TPSA) is 12.9 Å². The molecular weight excluding hydrogens is 249 g/mol. The number of halogens is 2. The summed E-state index contributed by atoms with van der Waals surface area (Å²) in [5.74, 6) is 0.461. The highest BCUT2D eigenvalue weighted by Gasteiger charge is 1.97. The molecule has 1 aromatic carbocycles. The first-order valence-electron chi connectivity index (χ1n) is 3.90. The van der Waals surface area contributed by atoms with Crippen molar-refractivity contribution in [2.45, 2.75) is 5.88 Å². The van der Waals surface area contributed by atoms with Gasteiger partial charge in [-0.15, -0.1) is 11.6 Å². The van der Waals surface area contributed by atoms with Crippen molar-refractivity contribution in [3.8, 4) is 0 Å². The summed E-state index contributed by atoms with van der Waals surface area (Å²) in [6.45, 7) is 0. The summed E-state index contributed by atoms with van der Waals surface area (Å²) >= 11 is 9.12. The molecule has 13 heavy (non-hydrogen) atoms. The molecule has 0 radical (unpaired) electrons. The van der Waals surface area contributed by atoms with Crippen molar-refractivity contribution in [3.05, 3.63) is 40.6 Å². The Kier molecular flexibility index (Phi) is 2.51. The Morgan fingerprint density at radius 1 is 1.23 bits per heavy atom. The minimum absolute atomic E-state index is 0.461. The second kappa shape index (κ2) is 3.64. The number of fused-ring (bicyclic) bond motifs is 1. The summed E-state index contributed by atoms with van der Waals surface area (Å²) in [5, 5.41) is 2.30. The number of nitrogens with zero attached hydrogens (tertiary/aromatic N) is 1. The normalized spacial score (nSPS) is 10.6. The van der Waals surface area contributed by atoms with Crippen molar-refractivity contribution in [1.29, 1.82) is 0 Å². The minimum Gasteiger partial charge on any atom is -0.259 e. The van der Waals surface area contributed by atoms with E-state index >= 15 is 0 Å². The molecule has 0 unspecified atom stereocenters. The van der Waals surface area contributed by atoms with Crippen LogP contribution >= 0.6 is 27.5 Å². The summed E-state index contributed by atoms with van der Waals surface area (Å²) in [6, 6.07) is 8.11. The first-order chi connectivity index (χ1) is 6.29. The Labute approximate surface area is 89.9 Å². The van der Waals surface area contributed by atoms with Crippen LogP contribution in [0.5, 0.6) is 0 Å². The summed E-state index contributed by atoms with van der Waals surface area (Å²) < 4.78 is 1.08. The van der Waals surface area contributed by atoms with Crippen LogP contribution < -0.4 is 0 Å². The maximum Gasteiger partial charge on any atom is 0.0647 e. The van der Waals surface area contributed by atoms with E-state index < -0.39 is 0 Å². The van der Waals surface area contributed by atoms with E-state index in [-0.39, 0.29) is 0 Å². The van der Waals surface area contributed by atoms with Crippen LogP contribution in [0.4, 0.5) is 0 Å². The Morgan fingerprint density at radius 3 is 2.85 bits per heavy atom. The molecular formula is C10H7BrClN. The molecule has 66 valence electrons. The van der Waals surface area contributed by atoms with Gasteiger partial charge in [-0.25, -0.2) is 0 Å². The van der Waals surface area contributed by atoms with Gasteiger partial charge < -0.3 is 0 Å². The number of benzene rings is 1. The molecule has 0 saturated carbocycles. The van der Waals surface area contributed by atoms with E-state index in [4.69, 9.17) is 11.6 Å². The summed E-state index contributed by atoms with van der Waals surface area (Å²) in [7, 11) is 0. The van der Waals surface area contributed by atoms with Gasteiger partial charge in [0.1, 0.15) is 0 Å². The van der Waals surface area contributed by atoms with Crippen molar-refractivity contribution in [2.75, 3.05) is 0 Å². The molecule has 0 fully saturated rings. The van der Waals surface area contributed by atoms with Gasteiger partial charge in [-0.05, 0) is 23.6 Å². The molecule has 1 aromatic heterocycles. The molecule has 1 heterocycles. The molecule has 2 rings (SSSR count).